The van der Waals surface area contributed by atoms with Gasteiger partial charge < -0.3 is 5.73 Å². The summed E-state index contributed by atoms with van der Waals surface area (Å²) in [5.74, 6) is -1.21. The van der Waals surface area contributed by atoms with Crippen LogP contribution in [0.1, 0.15) is 18.4 Å². The lowest BCUT2D eigenvalue weighted by atomic mass is 9.99. The fourth-order valence-corrected chi connectivity index (χ4v) is 1.17. The van der Waals surface area contributed by atoms with Crippen LogP contribution >= 0.6 is 0 Å². The van der Waals surface area contributed by atoms with E-state index in [-0.39, 0.29) is 5.69 Å². The van der Waals surface area contributed by atoms with E-state index >= 15 is 0 Å². The number of carbonyl (C=O) groups excluding carboxylic acids is 1. The minimum absolute atomic E-state index is 0.0706. The van der Waals surface area contributed by atoms with E-state index in [1.165, 1.54) is 12.1 Å². The molecule has 0 bridgehead atoms. The molecule has 0 aliphatic carbocycles. The first-order valence-electron chi connectivity index (χ1n) is 4.06. The number of nitrogens with zero attached hydrogens (tertiary/aromatic N) is 1. The zero-order chi connectivity index (χ0) is 10.7. The normalized spacial score (nSPS) is 12.1. The molecule has 74 valence electrons. The van der Waals surface area contributed by atoms with E-state index in [0.29, 0.717) is 5.56 Å². The van der Waals surface area contributed by atoms with Crippen LogP contribution in [0.2, 0.25) is 0 Å². The highest BCUT2D eigenvalue weighted by atomic mass is 16.6. The zero-order valence-electron chi connectivity index (χ0n) is 7.64. The molecule has 0 radical (unpaired) electrons. The maximum atomic E-state index is 10.9. The molecule has 1 rings (SSSR count). The molecule has 0 fully saturated rings. The highest BCUT2D eigenvalue weighted by Crippen LogP contribution is 2.25. The maximum Gasteiger partial charge on any atom is 0.273 e. The van der Waals surface area contributed by atoms with Crippen molar-refractivity contribution in [2.45, 2.75) is 12.8 Å². The fourth-order valence-electron chi connectivity index (χ4n) is 1.17. The van der Waals surface area contributed by atoms with Crippen molar-refractivity contribution in [1.29, 1.82) is 0 Å². The van der Waals surface area contributed by atoms with E-state index in [4.69, 9.17) is 5.73 Å². The van der Waals surface area contributed by atoms with Crippen LogP contribution in [0, 0.1) is 10.1 Å². The molecular formula is C9H10N2O3. The Kier molecular flexibility index (Phi) is 2.81. The fraction of sp³-hybridized carbons (Fsp3) is 0.222. The van der Waals surface area contributed by atoms with Gasteiger partial charge in [0.15, 0.2) is 0 Å². The van der Waals surface area contributed by atoms with Crippen molar-refractivity contribution < 1.29 is 9.72 Å². The summed E-state index contributed by atoms with van der Waals surface area (Å²) in [5.41, 5.74) is 5.36. The molecule has 1 unspecified atom stereocenters. The summed E-state index contributed by atoms with van der Waals surface area (Å²) in [4.78, 5) is 21.0. The summed E-state index contributed by atoms with van der Waals surface area (Å²) >= 11 is 0. The van der Waals surface area contributed by atoms with Gasteiger partial charge in [-0.15, -0.1) is 0 Å². The monoisotopic (exact) mass is 194 g/mol. The van der Waals surface area contributed by atoms with Crippen LogP contribution < -0.4 is 5.73 Å². The third-order valence-corrected chi connectivity index (χ3v) is 2.03. The van der Waals surface area contributed by atoms with E-state index in [1.807, 2.05) is 0 Å². The second-order valence-electron chi connectivity index (χ2n) is 2.94. The number of nitro benzene ring substituents is 1. The Bertz CT molecular complexity index is 376. The number of rotatable bonds is 3. The van der Waals surface area contributed by atoms with Crippen LogP contribution in [0.5, 0.6) is 0 Å². The van der Waals surface area contributed by atoms with Gasteiger partial charge in [0, 0.05) is 11.6 Å². The second kappa shape index (κ2) is 3.87. The first-order valence-corrected chi connectivity index (χ1v) is 4.06. The summed E-state index contributed by atoms with van der Waals surface area (Å²) in [5, 5.41) is 10.6. The Hall–Kier alpha value is -1.91. The molecule has 1 atom stereocenters. The Morgan fingerprint density at radius 1 is 1.50 bits per heavy atom. The number of primary amides is 1. The number of hydrogen-bond donors (Lipinski definition) is 1. The quantitative estimate of drug-likeness (QED) is 0.579. The van der Waals surface area contributed by atoms with E-state index in [9.17, 15) is 14.9 Å². The number of nitrogens with two attached hydrogens (primary N) is 1. The first kappa shape index (κ1) is 10.2. The van der Waals surface area contributed by atoms with Gasteiger partial charge in [-0.2, -0.15) is 0 Å². The smallest absolute Gasteiger partial charge is 0.273 e. The lowest BCUT2D eigenvalue weighted by Crippen LogP contribution is -2.19. The number of benzene rings is 1. The molecule has 0 aliphatic heterocycles. The lowest BCUT2D eigenvalue weighted by Gasteiger charge is -2.07. The molecule has 0 saturated carbocycles. The molecule has 0 spiro atoms. The van der Waals surface area contributed by atoms with Gasteiger partial charge in [-0.3, -0.25) is 14.9 Å². The molecule has 0 aliphatic rings. The minimum atomic E-state index is -0.642. The zero-order valence-corrected chi connectivity index (χ0v) is 7.64. The maximum absolute atomic E-state index is 10.9. The first-order chi connectivity index (χ1) is 6.54. The molecule has 5 nitrogen and oxygen atoms in total. The van der Waals surface area contributed by atoms with Crippen molar-refractivity contribution in [2.24, 2.45) is 5.73 Å². The third-order valence-electron chi connectivity index (χ3n) is 2.03. The van der Waals surface area contributed by atoms with Gasteiger partial charge in [-0.05, 0) is 6.92 Å². The van der Waals surface area contributed by atoms with E-state index < -0.39 is 16.7 Å². The van der Waals surface area contributed by atoms with Crippen LogP contribution in [-0.2, 0) is 4.79 Å². The van der Waals surface area contributed by atoms with E-state index in [2.05, 4.69) is 0 Å². The molecule has 2 N–H and O–H groups in total. The molecule has 1 aromatic rings. The summed E-state index contributed by atoms with van der Waals surface area (Å²) in [6.45, 7) is 1.55. The predicted octanol–water partition coefficient (Wildman–Crippen LogP) is 1.18. The molecular weight excluding hydrogens is 184 g/mol. The van der Waals surface area contributed by atoms with Gasteiger partial charge in [-0.1, -0.05) is 18.2 Å². The van der Waals surface area contributed by atoms with Crippen molar-refractivity contribution >= 4 is 11.6 Å². The molecule has 0 saturated heterocycles. The Morgan fingerprint density at radius 3 is 2.57 bits per heavy atom. The molecule has 0 heterocycles. The number of hydrogen-bond acceptors (Lipinski definition) is 3. The molecule has 5 heteroatoms. The van der Waals surface area contributed by atoms with Crippen LogP contribution in [-0.4, -0.2) is 10.8 Å². The SMILES string of the molecule is CC(C(N)=O)c1ccccc1[N+](=O)[O-]. The van der Waals surface area contributed by atoms with Gasteiger partial charge >= 0.3 is 0 Å². The molecule has 0 aromatic heterocycles. The van der Waals surface area contributed by atoms with Crippen molar-refractivity contribution in [2.75, 3.05) is 0 Å². The van der Waals surface area contributed by atoms with Gasteiger partial charge in [0.1, 0.15) is 0 Å². The van der Waals surface area contributed by atoms with Gasteiger partial charge in [0.25, 0.3) is 5.69 Å². The number of nitro groups is 1. The number of carbonyl (C=O) groups is 1. The summed E-state index contributed by atoms with van der Waals surface area (Å²) in [7, 11) is 0. The highest BCUT2D eigenvalue weighted by Gasteiger charge is 2.21. The van der Waals surface area contributed by atoms with Gasteiger partial charge in [0.05, 0.1) is 10.8 Å². The van der Waals surface area contributed by atoms with E-state index in [0.717, 1.165) is 0 Å². The predicted molar refractivity (Wildman–Crippen MR) is 50.7 cm³/mol. The van der Waals surface area contributed by atoms with Crippen molar-refractivity contribution in [3.05, 3.63) is 39.9 Å². The van der Waals surface area contributed by atoms with Gasteiger partial charge in [0.2, 0.25) is 5.91 Å². The average molecular weight is 194 g/mol. The van der Waals surface area contributed by atoms with Gasteiger partial charge in [-0.25, -0.2) is 0 Å². The van der Waals surface area contributed by atoms with Crippen LogP contribution in [0.15, 0.2) is 24.3 Å². The number of amides is 1. The Morgan fingerprint density at radius 2 is 2.07 bits per heavy atom. The summed E-state index contributed by atoms with van der Waals surface area (Å²) in [6, 6.07) is 6.08. The van der Waals surface area contributed by atoms with Crippen LogP contribution in [0.3, 0.4) is 0 Å². The molecule has 1 amide bonds. The minimum Gasteiger partial charge on any atom is -0.369 e. The Balaban J connectivity index is 3.19. The van der Waals surface area contributed by atoms with Crippen LogP contribution in [0.4, 0.5) is 5.69 Å². The molecule has 14 heavy (non-hydrogen) atoms. The lowest BCUT2D eigenvalue weighted by molar-refractivity contribution is -0.385. The Labute approximate surface area is 80.7 Å². The second-order valence-corrected chi connectivity index (χ2v) is 2.94. The molecule has 1 aromatic carbocycles. The highest BCUT2D eigenvalue weighted by molar-refractivity contribution is 5.82. The van der Waals surface area contributed by atoms with Crippen molar-refractivity contribution in [1.82, 2.24) is 0 Å². The third kappa shape index (κ3) is 1.87. The summed E-state index contributed by atoms with van der Waals surface area (Å²) in [6.07, 6.45) is 0. The largest absolute Gasteiger partial charge is 0.369 e. The van der Waals surface area contributed by atoms with Crippen molar-refractivity contribution in [3.8, 4) is 0 Å². The standard InChI is InChI=1S/C9H10N2O3/c1-6(9(10)12)7-4-2-3-5-8(7)11(13)14/h2-6H,1H3,(H2,10,12). The van der Waals surface area contributed by atoms with Crippen molar-refractivity contribution in [3.63, 3.8) is 0 Å². The van der Waals surface area contributed by atoms with Crippen LogP contribution in [0.25, 0.3) is 0 Å². The topological polar surface area (TPSA) is 86.2 Å². The summed E-state index contributed by atoms with van der Waals surface area (Å²) < 4.78 is 0. The average Bonchev–Trinajstić information content (AvgIpc) is 2.16. The van der Waals surface area contributed by atoms with E-state index in [1.54, 1.807) is 19.1 Å². The number of para-hydroxylation sites is 1.